The van der Waals surface area contributed by atoms with E-state index in [2.05, 4.69) is 15.3 Å². The molecule has 1 aromatic rings. The monoisotopic (exact) mass is 307 g/mol. The molecule has 8 nitrogen and oxygen atoms in total. The molecule has 2 saturated heterocycles. The lowest BCUT2D eigenvalue weighted by molar-refractivity contribution is -0.132. The van der Waals surface area contributed by atoms with E-state index in [0.29, 0.717) is 18.1 Å². The second-order valence-corrected chi connectivity index (χ2v) is 6.04. The zero-order valence-corrected chi connectivity index (χ0v) is 13.1. The molecule has 0 spiro atoms. The Labute approximate surface area is 129 Å². The van der Waals surface area contributed by atoms with Crippen LogP contribution in [0.15, 0.2) is 6.20 Å². The number of aromatic nitrogens is 2. The van der Waals surface area contributed by atoms with Crippen LogP contribution in [0.3, 0.4) is 0 Å². The summed E-state index contributed by atoms with van der Waals surface area (Å²) in [5.74, 6) is -0.0350. The number of amides is 2. The van der Waals surface area contributed by atoms with Crippen molar-refractivity contribution in [3.05, 3.63) is 6.20 Å². The van der Waals surface area contributed by atoms with E-state index in [4.69, 9.17) is 4.74 Å². The molecule has 1 unspecified atom stereocenters. The molecule has 1 atom stereocenters. The third-order valence-corrected chi connectivity index (χ3v) is 4.26. The highest BCUT2D eigenvalue weighted by atomic mass is 16.5. The summed E-state index contributed by atoms with van der Waals surface area (Å²) in [5.41, 5.74) is 0.532. The Kier molecular flexibility index (Phi) is 3.78. The maximum absolute atomic E-state index is 12.4. The van der Waals surface area contributed by atoms with Crippen LogP contribution in [0.2, 0.25) is 0 Å². The highest BCUT2D eigenvalue weighted by Crippen LogP contribution is 2.27. The molecule has 2 aliphatic heterocycles. The quantitative estimate of drug-likeness (QED) is 0.813. The molecule has 2 amide bonds. The highest BCUT2D eigenvalue weighted by Gasteiger charge is 2.41. The van der Waals surface area contributed by atoms with Crippen LogP contribution in [0.1, 0.15) is 6.42 Å². The van der Waals surface area contributed by atoms with Crippen molar-refractivity contribution < 1.29 is 14.3 Å². The maximum Gasteiger partial charge on any atom is 0.256 e. The fourth-order valence-electron chi connectivity index (χ4n) is 3.06. The minimum atomic E-state index is -0.316. The minimum absolute atomic E-state index is 0.0661. The summed E-state index contributed by atoms with van der Waals surface area (Å²) in [6, 6.07) is 0.253. The van der Waals surface area contributed by atoms with Gasteiger partial charge in [-0.3, -0.25) is 14.3 Å². The molecule has 22 heavy (non-hydrogen) atoms. The number of likely N-dealkylation sites (tertiary alicyclic amines) is 2. The Morgan fingerprint density at radius 1 is 1.36 bits per heavy atom. The molecular weight excluding hydrogens is 286 g/mol. The van der Waals surface area contributed by atoms with Crippen LogP contribution in [-0.4, -0.2) is 71.2 Å². The number of carbonyl (C=O) groups is 2. The van der Waals surface area contributed by atoms with E-state index in [9.17, 15) is 9.59 Å². The van der Waals surface area contributed by atoms with Crippen molar-refractivity contribution in [1.82, 2.24) is 19.6 Å². The van der Waals surface area contributed by atoms with Crippen LogP contribution < -0.4 is 10.1 Å². The standard InChI is InChI=1S/C14H21N5O3/c1-17-6-10(7-17)19-5-9(4-12(19)20)13(21)15-11-8-18(2)16-14(11)22-3/h8-10H,4-7H2,1-3H3,(H,15,21). The van der Waals surface area contributed by atoms with Gasteiger partial charge in [-0.1, -0.05) is 0 Å². The van der Waals surface area contributed by atoms with Gasteiger partial charge in [0.25, 0.3) is 5.88 Å². The molecule has 8 heteroatoms. The van der Waals surface area contributed by atoms with Gasteiger partial charge < -0.3 is 19.9 Å². The minimum Gasteiger partial charge on any atom is -0.478 e. The van der Waals surface area contributed by atoms with E-state index in [0.717, 1.165) is 13.1 Å². The highest BCUT2D eigenvalue weighted by molar-refractivity contribution is 5.97. The van der Waals surface area contributed by atoms with Gasteiger partial charge in [0, 0.05) is 33.1 Å². The molecule has 1 N–H and O–H groups in total. The Morgan fingerprint density at radius 3 is 2.73 bits per heavy atom. The lowest BCUT2D eigenvalue weighted by Gasteiger charge is -2.42. The first-order valence-corrected chi connectivity index (χ1v) is 7.34. The number of nitrogens with one attached hydrogen (secondary N) is 1. The molecule has 2 aliphatic rings. The van der Waals surface area contributed by atoms with Crippen LogP contribution in [0.5, 0.6) is 5.88 Å². The molecule has 0 aromatic carbocycles. The van der Waals surface area contributed by atoms with E-state index in [1.54, 1.807) is 17.9 Å². The number of hydrogen-bond donors (Lipinski definition) is 1. The summed E-state index contributed by atoms with van der Waals surface area (Å²) in [6.45, 7) is 2.26. The van der Waals surface area contributed by atoms with Gasteiger partial charge in [0.05, 0.1) is 25.3 Å². The molecule has 2 fully saturated rings. The van der Waals surface area contributed by atoms with Gasteiger partial charge in [-0.05, 0) is 7.05 Å². The van der Waals surface area contributed by atoms with Crippen molar-refractivity contribution in [1.29, 1.82) is 0 Å². The summed E-state index contributed by atoms with van der Waals surface area (Å²) in [4.78, 5) is 28.5. The van der Waals surface area contributed by atoms with Gasteiger partial charge in [0.1, 0.15) is 5.69 Å². The third-order valence-electron chi connectivity index (χ3n) is 4.26. The Hall–Kier alpha value is -2.09. The number of anilines is 1. The Bertz CT molecular complexity index is 593. The third kappa shape index (κ3) is 2.66. The van der Waals surface area contributed by atoms with Crippen molar-refractivity contribution >= 4 is 17.5 Å². The van der Waals surface area contributed by atoms with Gasteiger partial charge in [0.15, 0.2) is 0 Å². The van der Waals surface area contributed by atoms with Crippen molar-refractivity contribution in [3.63, 3.8) is 0 Å². The Morgan fingerprint density at radius 2 is 2.09 bits per heavy atom. The maximum atomic E-state index is 12.4. The number of methoxy groups -OCH3 is 1. The summed E-state index contributed by atoms with van der Waals surface area (Å²) in [6.07, 6.45) is 1.96. The van der Waals surface area contributed by atoms with Gasteiger partial charge in [-0.25, -0.2) is 0 Å². The largest absolute Gasteiger partial charge is 0.478 e. The topological polar surface area (TPSA) is 79.7 Å². The van der Waals surface area contributed by atoms with Crippen LogP contribution in [-0.2, 0) is 16.6 Å². The van der Waals surface area contributed by atoms with E-state index < -0.39 is 0 Å². The summed E-state index contributed by atoms with van der Waals surface area (Å²) in [5, 5.41) is 6.91. The molecule has 3 rings (SSSR count). The number of likely N-dealkylation sites (N-methyl/N-ethyl adjacent to an activating group) is 1. The summed E-state index contributed by atoms with van der Waals surface area (Å²) < 4.78 is 6.69. The second-order valence-electron chi connectivity index (χ2n) is 6.04. The first kappa shape index (κ1) is 14.8. The molecule has 0 radical (unpaired) electrons. The number of nitrogens with zero attached hydrogens (tertiary/aromatic N) is 4. The first-order valence-electron chi connectivity index (χ1n) is 7.34. The summed E-state index contributed by atoms with van der Waals surface area (Å²) >= 11 is 0. The van der Waals surface area contributed by atoms with Crippen LogP contribution in [0.25, 0.3) is 0 Å². The number of rotatable bonds is 4. The fourth-order valence-corrected chi connectivity index (χ4v) is 3.06. The van der Waals surface area contributed by atoms with Gasteiger partial charge in [-0.15, -0.1) is 5.10 Å². The number of ether oxygens (including phenoxy) is 1. The fraction of sp³-hybridized carbons (Fsp3) is 0.643. The van der Waals surface area contributed by atoms with E-state index in [-0.39, 0.29) is 30.2 Å². The van der Waals surface area contributed by atoms with Crippen molar-refractivity contribution in [2.45, 2.75) is 12.5 Å². The van der Waals surface area contributed by atoms with Crippen molar-refractivity contribution in [3.8, 4) is 5.88 Å². The molecule has 0 aliphatic carbocycles. The lowest BCUT2D eigenvalue weighted by atomic mass is 10.1. The zero-order chi connectivity index (χ0) is 15.9. The summed E-state index contributed by atoms with van der Waals surface area (Å²) in [7, 11) is 5.29. The van der Waals surface area contributed by atoms with Crippen LogP contribution >= 0.6 is 0 Å². The zero-order valence-electron chi connectivity index (χ0n) is 13.1. The predicted molar refractivity (Wildman–Crippen MR) is 79.5 cm³/mol. The molecule has 3 heterocycles. The van der Waals surface area contributed by atoms with Crippen molar-refractivity contribution in [2.24, 2.45) is 13.0 Å². The van der Waals surface area contributed by atoms with Crippen LogP contribution in [0.4, 0.5) is 5.69 Å². The molecule has 0 saturated carbocycles. The lowest BCUT2D eigenvalue weighted by Crippen LogP contribution is -2.58. The first-order chi connectivity index (χ1) is 10.5. The average molecular weight is 307 g/mol. The SMILES string of the molecule is COc1nn(C)cc1NC(=O)C1CC(=O)N(C2CN(C)C2)C1. The van der Waals surface area contributed by atoms with E-state index >= 15 is 0 Å². The number of carbonyl (C=O) groups excluding carboxylic acids is 2. The predicted octanol–water partition coefficient (Wildman–Crippen LogP) is -0.470. The number of aryl methyl sites for hydroxylation is 1. The number of hydrogen-bond acceptors (Lipinski definition) is 5. The normalized spacial score (nSPS) is 22.8. The molecular formula is C14H21N5O3. The molecule has 0 bridgehead atoms. The smallest absolute Gasteiger partial charge is 0.256 e. The molecule has 120 valence electrons. The Balaban J connectivity index is 1.62. The van der Waals surface area contributed by atoms with Crippen molar-refractivity contribution in [2.75, 3.05) is 39.1 Å². The molecule has 1 aromatic heterocycles. The average Bonchev–Trinajstić information content (AvgIpc) is 2.98. The van der Waals surface area contributed by atoms with Gasteiger partial charge in [-0.2, -0.15) is 0 Å². The van der Waals surface area contributed by atoms with Gasteiger partial charge >= 0.3 is 0 Å². The second kappa shape index (κ2) is 5.60. The van der Waals surface area contributed by atoms with Crippen LogP contribution in [0, 0.1) is 5.92 Å². The van der Waals surface area contributed by atoms with E-state index in [1.807, 2.05) is 11.9 Å². The van der Waals surface area contributed by atoms with Gasteiger partial charge in [0.2, 0.25) is 11.8 Å². The van der Waals surface area contributed by atoms with E-state index in [1.165, 1.54) is 7.11 Å².